The smallest absolute Gasteiger partial charge is 0.339 e. The van der Waals surface area contributed by atoms with Gasteiger partial charge in [-0.05, 0) is 30.3 Å². The van der Waals surface area contributed by atoms with Gasteiger partial charge in [0.05, 0.1) is 11.6 Å². The Morgan fingerprint density at radius 1 is 1.33 bits per heavy atom. The second kappa shape index (κ2) is 6.37. The molecular formula is C15H9BrFNO3. The second-order valence-corrected chi connectivity index (χ2v) is 5.06. The number of ether oxygens (including phenoxy) is 1. The first-order valence-corrected chi connectivity index (χ1v) is 6.64. The highest BCUT2D eigenvalue weighted by Crippen LogP contribution is 2.25. The molecule has 0 fully saturated rings. The highest BCUT2D eigenvalue weighted by Gasteiger charge is 2.13. The molecule has 2 aromatic carbocycles. The van der Waals surface area contributed by atoms with Crippen molar-refractivity contribution in [1.29, 1.82) is 5.26 Å². The summed E-state index contributed by atoms with van der Waals surface area (Å²) in [6, 6.07) is 10.2. The van der Waals surface area contributed by atoms with E-state index in [0.29, 0.717) is 10.0 Å². The molecule has 0 atom stereocenters. The molecule has 0 saturated heterocycles. The summed E-state index contributed by atoms with van der Waals surface area (Å²) < 4.78 is 19.2. The first kappa shape index (κ1) is 15.0. The van der Waals surface area contributed by atoms with Crippen molar-refractivity contribution in [3.63, 3.8) is 0 Å². The van der Waals surface area contributed by atoms with Gasteiger partial charge in [-0.25, -0.2) is 9.18 Å². The van der Waals surface area contributed by atoms with Crippen molar-refractivity contribution in [2.45, 2.75) is 6.61 Å². The molecule has 21 heavy (non-hydrogen) atoms. The average Bonchev–Trinajstić information content (AvgIpc) is 2.45. The first-order chi connectivity index (χ1) is 10.0. The molecule has 0 heterocycles. The van der Waals surface area contributed by atoms with E-state index < -0.39 is 11.8 Å². The van der Waals surface area contributed by atoms with E-state index in [-0.39, 0.29) is 23.5 Å². The first-order valence-electron chi connectivity index (χ1n) is 5.85. The fourth-order valence-electron chi connectivity index (χ4n) is 1.73. The van der Waals surface area contributed by atoms with E-state index in [1.807, 2.05) is 6.07 Å². The van der Waals surface area contributed by atoms with Gasteiger partial charge < -0.3 is 9.84 Å². The Hall–Kier alpha value is -2.39. The Kier molecular flexibility index (Phi) is 4.55. The van der Waals surface area contributed by atoms with E-state index in [9.17, 15) is 9.18 Å². The van der Waals surface area contributed by atoms with E-state index in [0.717, 1.165) is 6.07 Å². The lowest BCUT2D eigenvalue weighted by Crippen LogP contribution is -2.04. The minimum absolute atomic E-state index is 0.0128. The number of carboxylic acids is 1. The zero-order chi connectivity index (χ0) is 15.4. The molecule has 106 valence electrons. The number of hydrogen-bond donors (Lipinski definition) is 1. The molecule has 6 heteroatoms. The molecule has 0 aliphatic carbocycles. The minimum atomic E-state index is -1.11. The third kappa shape index (κ3) is 3.58. The molecule has 0 spiro atoms. The summed E-state index contributed by atoms with van der Waals surface area (Å²) in [6.07, 6.45) is 0. The lowest BCUT2D eigenvalue weighted by atomic mass is 10.1. The van der Waals surface area contributed by atoms with Crippen molar-refractivity contribution < 1.29 is 19.0 Å². The number of hydrogen-bond acceptors (Lipinski definition) is 3. The summed E-state index contributed by atoms with van der Waals surface area (Å²) in [5, 5.41) is 18.0. The van der Waals surface area contributed by atoms with Crippen molar-refractivity contribution in [3.8, 4) is 11.8 Å². The van der Waals surface area contributed by atoms with Gasteiger partial charge in [-0.15, -0.1) is 0 Å². The minimum Gasteiger partial charge on any atom is -0.488 e. The number of carboxylic acid groups (broad SMARTS) is 1. The van der Waals surface area contributed by atoms with Crippen LogP contribution in [0.2, 0.25) is 0 Å². The van der Waals surface area contributed by atoms with Gasteiger partial charge in [0, 0.05) is 10.0 Å². The Bertz CT molecular complexity index is 740. The van der Waals surface area contributed by atoms with Gasteiger partial charge in [-0.1, -0.05) is 22.0 Å². The van der Waals surface area contributed by atoms with Crippen molar-refractivity contribution in [3.05, 3.63) is 63.4 Å². The fourth-order valence-corrected chi connectivity index (χ4v) is 2.07. The Balaban J connectivity index is 2.27. The molecular weight excluding hydrogens is 341 g/mol. The van der Waals surface area contributed by atoms with Crippen molar-refractivity contribution in [2.24, 2.45) is 0 Å². The zero-order valence-electron chi connectivity index (χ0n) is 10.6. The summed E-state index contributed by atoms with van der Waals surface area (Å²) in [5.41, 5.74) is 0.649. The van der Waals surface area contributed by atoms with E-state index in [2.05, 4.69) is 15.9 Å². The molecule has 0 radical (unpaired) electrons. The van der Waals surface area contributed by atoms with E-state index in [1.54, 1.807) is 6.07 Å². The van der Waals surface area contributed by atoms with Gasteiger partial charge in [-0.2, -0.15) is 5.26 Å². The number of benzene rings is 2. The number of nitriles is 1. The van der Waals surface area contributed by atoms with Crippen LogP contribution in [0.3, 0.4) is 0 Å². The van der Waals surface area contributed by atoms with E-state index in [1.165, 1.54) is 24.3 Å². The van der Waals surface area contributed by atoms with Gasteiger partial charge in [-0.3, -0.25) is 0 Å². The van der Waals surface area contributed by atoms with Crippen LogP contribution >= 0.6 is 15.9 Å². The van der Waals surface area contributed by atoms with Crippen molar-refractivity contribution in [1.82, 2.24) is 0 Å². The maximum atomic E-state index is 13.0. The van der Waals surface area contributed by atoms with Gasteiger partial charge in [0.2, 0.25) is 0 Å². The molecule has 0 aliphatic rings. The summed E-state index contributed by atoms with van der Waals surface area (Å²) in [6.45, 7) is -0.0279. The average molecular weight is 350 g/mol. The lowest BCUT2D eigenvalue weighted by molar-refractivity contribution is 0.0691. The predicted octanol–water partition coefficient (Wildman–Crippen LogP) is 3.74. The zero-order valence-corrected chi connectivity index (χ0v) is 12.2. The quantitative estimate of drug-likeness (QED) is 0.912. The maximum absolute atomic E-state index is 13.0. The third-order valence-electron chi connectivity index (χ3n) is 2.75. The largest absolute Gasteiger partial charge is 0.488 e. The number of carbonyl (C=O) groups is 1. The maximum Gasteiger partial charge on any atom is 0.339 e. The standard InChI is InChI=1S/C15H9BrFNO3/c16-11-2-4-13(15(19)20)14(6-11)21-8-9-1-3-12(17)5-10(9)7-18/h1-6H,8H2,(H,19,20). The van der Waals surface area contributed by atoms with Crippen LogP contribution in [0.15, 0.2) is 40.9 Å². The molecule has 2 aromatic rings. The fraction of sp³-hybridized carbons (Fsp3) is 0.0667. The number of rotatable bonds is 4. The molecule has 0 unspecified atom stereocenters. The van der Waals surface area contributed by atoms with Gasteiger partial charge >= 0.3 is 5.97 Å². The molecule has 0 aliphatic heterocycles. The molecule has 0 bridgehead atoms. The van der Waals surface area contributed by atoms with Gasteiger partial charge in [0.1, 0.15) is 23.7 Å². The topological polar surface area (TPSA) is 70.3 Å². The predicted molar refractivity (Wildman–Crippen MR) is 76.5 cm³/mol. The molecule has 1 N–H and O–H groups in total. The monoisotopic (exact) mass is 349 g/mol. The molecule has 0 amide bonds. The highest BCUT2D eigenvalue weighted by molar-refractivity contribution is 9.10. The van der Waals surface area contributed by atoms with Crippen LogP contribution in [-0.4, -0.2) is 11.1 Å². The van der Waals surface area contributed by atoms with Crippen molar-refractivity contribution >= 4 is 21.9 Å². The van der Waals surface area contributed by atoms with Gasteiger partial charge in [0.15, 0.2) is 0 Å². The highest BCUT2D eigenvalue weighted by atomic mass is 79.9. The summed E-state index contributed by atoms with van der Waals surface area (Å²) in [5.74, 6) is -1.45. The Morgan fingerprint density at radius 2 is 2.10 bits per heavy atom. The third-order valence-corrected chi connectivity index (χ3v) is 3.24. The van der Waals surface area contributed by atoms with Crippen LogP contribution in [0.4, 0.5) is 4.39 Å². The lowest BCUT2D eigenvalue weighted by Gasteiger charge is -2.10. The molecule has 0 aromatic heterocycles. The van der Waals surface area contributed by atoms with E-state index >= 15 is 0 Å². The Morgan fingerprint density at radius 3 is 2.76 bits per heavy atom. The van der Waals surface area contributed by atoms with Gasteiger partial charge in [0.25, 0.3) is 0 Å². The SMILES string of the molecule is N#Cc1cc(F)ccc1COc1cc(Br)ccc1C(=O)O. The van der Waals surface area contributed by atoms with E-state index in [4.69, 9.17) is 15.1 Å². The van der Waals surface area contributed by atoms with Crippen LogP contribution in [-0.2, 0) is 6.61 Å². The summed E-state index contributed by atoms with van der Waals surface area (Å²) >= 11 is 3.23. The van der Waals surface area contributed by atoms with Crippen LogP contribution in [0.25, 0.3) is 0 Å². The normalized spacial score (nSPS) is 9.95. The molecule has 0 saturated carbocycles. The second-order valence-electron chi connectivity index (χ2n) is 4.15. The number of halogens is 2. The van der Waals surface area contributed by atoms with Crippen LogP contribution < -0.4 is 4.74 Å². The van der Waals surface area contributed by atoms with Crippen LogP contribution in [0.1, 0.15) is 21.5 Å². The summed E-state index contributed by atoms with van der Waals surface area (Å²) in [4.78, 5) is 11.1. The Labute approximate surface area is 128 Å². The molecule has 4 nitrogen and oxygen atoms in total. The van der Waals surface area contributed by atoms with Crippen LogP contribution in [0, 0.1) is 17.1 Å². The number of aromatic carboxylic acids is 1. The summed E-state index contributed by atoms with van der Waals surface area (Å²) in [7, 11) is 0. The van der Waals surface area contributed by atoms with Crippen LogP contribution in [0.5, 0.6) is 5.75 Å². The number of nitrogens with zero attached hydrogens (tertiary/aromatic N) is 1. The molecule has 2 rings (SSSR count). The van der Waals surface area contributed by atoms with Crippen molar-refractivity contribution in [2.75, 3.05) is 0 Å².